The van der Waals surface area contributed by atoms with Crippen LogP contribution in [0, 0.1) is 0 Å². The molecular formula is C20H22F3N7O. The molecule has 2 aromatic heterocycles. The lowest BCUT2D eigenvalue weighted by Gasteiger charge is -2.35. The zero-order chi connectivity index (χ0) is 21.8. The van der Waals surface area contributed by atoms with E-state index in [1.807, 2.05) is 13.1 Å². The Labute approximate surface area is 176 Å². The van der Waals surface area contributed by atoms with E-state index >= 15 is 0 Å². The van der Waals surface area contributed by atoms with E-state index in [1.54, 1.807) is 34.2 Å². The largest absolute Gasteiger partial charge is 0.411 e. The molecule has 2 amide bonds. The number of carbonyl (C=O) groups excluding carboxylic acids is 1. The summed E-state index contributed by atoms with van der Waals surface area (Å²) < 4.78 is 41.4. The van der Waals surface area contributed by atoms with Gasteiger partial charge in [-0.2, -0.15) is 18.3 Å². The monoisotopic (exact) mass is 433 g/mol. The second kappa shape index (κ2) is 6.96. The van der Waals surface area contributed by atoms with Crippen LogP contribution in [0.1, 0.15) is 37.8 Å². The van der Waals surface area contributed by atoms with E-state index in [1.165, 1.54) is 0 Å². The van der Waals surface area contributed by atoms with E-state index < -0.39 is 17.7 Å². The molecule has 5 rings (SSSR count). The Morgan fingerprint density at radius 3 is 2.74 bits per heavy atom. The predicted octanol–water partition coefficient (Wildman–Crippen LogP) is 3.38. The highest BCUT2D eigenvalue weighted by atomic mass is 19.4. The van der Waals surface area contributed by atoms with Crippen LogP contribution in [-0.4, -0.2) is 54.5 Å². The highest BCUT2D eigenvalue weighted by molar-refractivity contribution is 5.79. The molecule has 2 bridgehead atoms. The number of carbonyl (C=O) groups is 1. The molecule has 11 heteroatoms. The molecule has 2 atom stereocenters. The van der Waals surface area contributed by atoms with Crippen molar-refractivity contribution in [3.63, 3.8) is 0 Å². The summed E-state index contributed by atoms with van der Waals surface area (Å²) in [5, 5.41) is 9.46. The van der Waals surface area contributed by atoms with Crippen LogP contribution >= 0.6 is 0 Å². The number of nitrogens with one attached hydrogen (secondary N) is 2. The summed E-state index contributed by atoms with van der Waals surface area (Å²) in [6.45, 7) is 0. The van der Waals surface area contributed by atoms with Crippen molar-refractivity contribution in [1.29, 1.82) is 0 Å². The second-order valence-electron chi connectivity index (χ2n) is 8.41. The molecule has 2 fully saturated rings. The normalized spacial score (nSPS) is 24.0. The SMILES string of the molecule is Cn1cc(Nc2nccc(C3=CC4CCC(C3)N4C(=O)NC3(C(F)(F)F)CC3)n2)cn1. The number of anilines is 2. The number of alkyl halides is 3. The van der Waals surface area contributed by atoms with Crippen molar-refractivity contribution in [2.24, 2.45) is 7.05 Å². The summed E-state index contributed by atoms with van der Waals surface area (Å²) >= 11 is 0. The van der Waals surface area contributed by atoms with Crippen LogP contribution in [0.5, 0.6) is 0 Å². The zero-order valence-corrected chi connectivity index (χ0v) is 16.9. The number of rotatable bonds is 4. The molecule has 31 heavy (non-hydrogen) atoms. The van der Waals surface area contributed by atoms with Crippen LogP contribution in [0.25, 0.3) is 5.57 Å². The molecule has 1 aliphatic carbocycles. The van der Waals surface area contributed by atoms with Gasteiger partial charge in [0.25, 0.3) is 0 Å². The first kappa shape index (κ1) is 19.8. The minimum Gasteiger partial charge on any atom is -0.323 e. The maximum Gasteiger partial charge on any atom is 0.411 e. The van der Waals surface area contributed by atoms with E-state index in [0.717, 1.165) is 29.8 Å². The van der Waals surface area contributed by atoms with Gasteiger partial charge in [-0.15, -0.1) is 0 Å². The Hall–Kier alpha value is -3.11. The number of aryl methyl sites for hydroxylation is 1. The van der Waals surface area contributed by atoms with Gasteiger partial charge in [0.2, 0.25) is 5.95 Å². The number of aromatic nitrogens is 4. The third-order valence-electron chi connectivity index (χ3n) is 6.21. The van der Waals surface area contributed by atoms with Crippen LogP contribution in [0.2, 0.25) is 0 Å². The summed E-state index contributed by atoms with van der Waals surface area (Å²) in [6.07, 6.45) is 4.58. The molecular weight excluding hydrogens is 411 g/mol. The van der Waals surface area contributed by atoms with Gasteiger partial charge < -0.3 is 15.5 Å². The van der Waals surface area contributed by atoms with Crippen molar-refractivity contribution in [3.05, 3.63) is 36.4 Å². The molecule has 8 nitrogen and oxygen atoms in total. The molecule has 2 N–H and O–H groups in total. The lowest BCUT2D eigenvalue weighted by atomic mass is 9.98. The first-order valence-electron chi connectivity index (χ1n) is 10.2. The van der Waals surface area contributed by atoms with E-state index in [4.69, 9.17) is 0 Å². The van der Waals surface area contributed by atoms with E-state index in [2.05, 4.69) is 25.7 Å². The lowest BCUT2D eigenvalue weighted by molar-refractivity contribution is -0.163. The van der Waals surface area contributed by atoms with Gasteiger partial charge in [0, 0.05) is 25.5 Å². The minimum absolute atomic E-state index is 0.0554. The Morgan fingerprint density at radius 2 is 2.10 bits per heavy atom. The Kier molecular flexibility index (Phi) is 4.45. The highest BCUT2D eigenvalue weighted by Gasteiger charge is 2.65. The maximum absolute atomic E-state index is 13.2. The van der Waals surface area contributed by atoms with Crippen molar-refractivity contribution in [1.82, 2.24) is 30.0 Å². The van der Waals surface area contributed by atoms with E-state index in [9.17, 15) is 18.0 Å². The Balaban J connectivity index is 1.32. The summed E-state index contributed by atoms with van der Waals surface area (Å²) in [5.41, 5.74) is 0.434. The smallest absolute Gasteiger partial charge is 0.323 e. The van der Waals surface area contributed by atoms with Gasteiger partial charge in [-0.05, 0) is 43.7 Å². The molecule has 1 saturated carbocycles. The number of hydrogen-bond donors (Lipinski definition) is 2. The van der Waals surface area contributed by atoms with Crippen LogP contribution in [0.4, 0.5) is 29.6 Å². The van der Waals surface area contributed by atoms with Gasteiger partial charge in [0.05, 0.1) is 23.6 Å². The fraction of sp³-hybridized carbons (Fsp3) is 0.500. The summed E-state index contributed by atoms with van der Waals surface area (Å²) in [4.78, 5) is 23.1. The van der Waals surface area contributed by atoms with Crippen LogP contribution in [0.15, 0.2) is 30.7 Å². The first-order chi connectivity index (χ1) is 14.7. The third kappa shape index (κ3) is 3.61. The van der Waals surface area contributed by atoms with Gasteiger partial charge in [0.1, 0.15) is 5.54 Å². The topological polar surface area (TPSA) is 88.0 Å². The fourth-order valence-corrected chi connectivity index (χ4v) is 4.42. The van der Waals surface area contributed by atoms with E-state index in [0.29, 0.717) is 12.4 Å². The quantitative estimate of drug-likeness (QED) is 0.772. The zero-order valence-electron chi connectivity index (χ0n) is 16.9. The molecule has 2 unspecified atom stereocenters. The van der Waals surface area contributed by atoms with Gasteiger partial charge in [-0.3, -0.25) is 4.68 Å². The standard InChI is InChI=1S/C20H22F3N7O/c1-29-11-13(10-25-29)26-17-24-7-4-16(27-17)12-8-14-2-3-15(9-12)30(14)18(31)28-19(5-6-19)20(21,22)23/h4,7-8,10-11,14-15H,2-3,5-6,9H2,1H3,(H,28,31)(H,24,26,27). The second-order valence-corrected chi connectivity index (χ2v) is 8.41. The summed E-state index contributed by atoms with van der Waals surface area (Å²) in [7, 11) is 1.81. The number of halogens is 3. The van der Waals surface area contributed by atoms with Crippen LogP contribution in [0.3, 0.4) is 0 Å². The fourth-order valence-electron chi connectivity index (χ4n) is 4.42. The van der Waals surface area contributed by atoms with Crippen molar-refractivity contribution in [2.45, 2.75) is 55.9 Å². The van der Waals surface area contributed by atoms with Crippen molar-refractivity contribution in [2.75, 3.05) is 5.32 Å². The summed E-state index contributed by atoms with van der Waals surface area (Å²) in [6, 6.07) is 0.804. The van der Waals surface area contributed by atoms with E-state index in [-0.39, 0.29) is 24.9 Å². The predicted molar refractivity (Wildman–Crippen MR) is 106 cm³/mol. The maximum atomic E-state index is 13.2. The van der Waals surface area contributed by atoms with Crippen molar-refractivity contribution >= 4 is 23.2 Å². The van der Waals surface area contributed by atoms with Crippen LogP contribution < -0.4 is 10.6 Å². The molecule has 0 radical (unpaired) electrons. The average Bonchev–Trinajstić information content (AvgIpc) is 3.33. The number of nitrogens with zero attached hydrogens (tertiary/aromatic N) is 5. The molecule has 3 aliphatic rings. The third-order valence-corrected chi connectivity index (χ3v) is 6.21. The molecule has 2 aliphatic heterocycles. The van der Waals surface area contributed by atoms with Gasteiger partial charge in [-0.1, -0.05) is 6.08 Å². The molecule has 4 heterocycles. The van der Waals surface area contributed by atoms with Crippen molar-refractivity contribution < 1.29 is 18.0 Å². The molecule has 164 valence electrons. The van der Waals surface area contributed by atoms with Gasteiger partial charge in [0.15, 0.2) is 0 Å². The number of amides is 2. The number of urea groups is 1. The van der Waals surface area contributed by atoms with Gasteiger partial charge in [-0.25, -0.2) is 14.8 Å². The molecule has 0 spiro atoms. The Morgan fingerprint density at radius 1 is 1.29 bits per heavy atom. The molecule has 1 saturated heterocycles. The minimum atomic E-state index is -4.42. The van der Waals surface area contributed by atoms with Gasteiger partial charge >= 0.3 is 12.2 Å². The highest BCUT2D eigenvalue weighted by Crippen LogP contribution is 2.49. The molecule has 2 aromatic rings. The Bertz CT molecular complexity index is 1040. The van der Waals surface area contributed by atoms with Crippen molar-refractivity contribution in [3.8, 4) is 0 Å². The number of hydrogen-bond acceptors (Lipinski definition) is 5. The van der Waals surface area contributed by atoms with Crippen LogP contribution in [-0.2, 0) is 7.05 Å². The molecule has 0 aromatic carbocycles. The average molecular weight is 433 g/mol. The summed E-state index contributed by atoms with van der Waals surface area (Å²) in [5.74, 6) is 0.430. The lowest BCUT2D eigenvalue weighted by Crippen LogP contribution is -2.55. The first-order valence-corrected chi connectivity index (χ1v) is 10.2. The number of fused-ring (bicyclic) bond motifs is 2.